The summed E-state index contributed by atoms with van der Waals surface area (Å²) in [6.45, 7) is 10.4. The van der Waals surface area contributed by atoms with Crippen molar-refractivity contribution in [2.75, 3.05) is 41.7 Å². The van der Waals surface area contributed by atoms with E-state index >= 15 is 0 Å². The third-order valence-electron chi connectivity index (χ3n) is 4.96. The van der Waals surface area contributed by atoms with E-state index in [1.807, 2.05) is 6.07 Å². The van der Waals surface area contributed by atoms with E-state index in [0.29, 0.717) is 5.69 Å². The molecular weight excluding hydrogens is 289 g/mol. The summed E-state index contributed by atoms with van der Waals surface area (Å²) in [5.41, 5.74) is 8.39. The van der Waals surface area contributed by atoms with Crippen molar-refractivity contribution in [3.8, 4) is 0 Å². The molecular formula is C19H32FN3. The average molecular weight is 321 g/mol. The predicted molar refractivity (Wildman–Crippen MR) is 98.8 cm³/mol. The molecule has 1 aromatic carbocycles. The van der Waals surface area contributed by atoms with Crippen molar-refractivity contribution >= 4 is 17.1 Å². The van der Waals surface area contributed by atoms with Gasteiger partial charge >= 0.3 is 0 Å². The van der Waals surface area contributed by atoms with Crippen molar-refractivity contribution in [2.24, 2.45) is 5.92 Å². The number of hydrogen-bond acceptors (Lipinski definition) is 3. The van der Waals surface area contributed by atoms with Gasteiger partial charge in [-0.25, -0.2) is 4.39 Å². The second-order valence-corrected chi connectivity index (χ2v) is 6.69. The Bertz CT molecular complexity index is 490. The van der Waals surface area contributed by atoms with Crippen LogP contribution < -0.4 is 15.5 Å². The van der Waals surface area contributed by atoms with E-state index in [4.69, 9.17) is 5.73 Å². The lowest BCUT2D eigenvalue weighted by Crippen LogP contribution is -2.34. The summed E-state index contributed by atoms with van der Waals surface area (Å²) in [6.07, 6.45) is 5.67. The second-order valence-electron chi connectivity index (χ2n) is 6.69. The number of benzene rings is 1. The van der Waals surface area contributed by atoms with Gasteiger partial charge in [-0.3, -0.25) is 0 Å². The molecule has 0 radical (unpaired) electrons. The fourth-order valence-corrected chi connectivity index (χ4v) is 3.56. The molecule has 0 unspecified atom stereocenters. The summed E-state index contributed by atoms with van der Waals surface area (Å²) in [5.74, 6) is 0.605. The van der Waals surface area contributed by atoms with Crippen LogP contribution in [-0.4, -0.2) is 26.2 Å². The molecule has 0 bridgehead atoms. The summed E-state index contributed by atoms with van der Waals surface area (Å²) < 4.78 is 14.5. The quantitative estimate of drug-likeness (QED) is 0.741. The SMILES string of the molecule is CCCN(CCC)c1cc(N2CCC(CC)CC2)c(F)cc1N. The number of nitrogen functional groups attached to an aromatic ring is 1. The summed E-state index contributed by atoms with van der Waals surface area (Å²) in [6, 6.07) is 3.48. The Morgan fingerprint density at radius 2 is 1.74 bits per heavy atom. The van der Waals surface area contributed by atoms with E-state index < -0.39 is 0 Å². The van der Waals surface area contributed by atoms with Crippen molar-refractivity contribution in [2.45, 2.75) is 52.9 Å². The standard InChI is InChI=1S/C19H32FN3/c1-4-9-22(10-5-2)19-14-18(16(20)13-17(19)21)23-11-7-15(6-3)8-12-23/h13-15H,4-12,21H2,1-3H3. The van der Waals surface area contributed by atoms with Gasteiger partial charge in [0.1, 0.15) is 5.82 Å². The Balaban J connectivity index is 2.25. The smallest absolute Gasteiger partial charge is 0.148 e. The topological polar surface area (TPSA) is 32.5 Å². The Morgan fingerprint density at radius 1 is 1.13 bits per heavy atom. The van der Waals surface area contributed by atoms with E-state index in [0.717, 1.165) is 69.2 Å². The van der Waals surface area contributed by atoms with Crippen LogP contribution in [0.15, 0.2) is 12.1 Å². The minimum absolute atomic E-state index is 0.186. The molecule has 4 heteroatoms. The number of hydrogen-bond donors (Lipinski definition) is 1. The molecule has 1 aromatic rings. The third kappa shape index (κ3) is 4.30. The lowest BCUT2D eigenvalue weighted by Gasteiger charge is -2.34. The first-order chi connectivity index (χ1) is 11.1. The molecule has 3 nitrogen and oxygen atoms in total. The zero-order valence-corrected chi connectivity index (χ0v) is 14.9. The summed E-state index contributed by atoms with van der Waals surface area (Å²) in [7, 11) is 0. The van der Waals surface area contributed by atoms with Crippen LogP contribution in [0.1, 0.15) is 52.9 Å². The lowest BCUT2D eigenvalue weighted by atomic mass is 9.94. The number of nitrogens with two attached hydrogens (primary N) is 1. The summed E-state index contributed by atoms with van der Waals surface area (Å²) in [5, 5.41) is 0. The number of nitrogens with zero attached hydrogens (tertiary/aromatic N) is 2. The fourth-order valence-electron chi connectivity index (χ4n) is 3.56. The third-order valence-corrected chi connectivity index (χ3v) is 4.96. The molecule has 1 aliphatic heterocycles. The minimum Gasteiger partial charge on any atom is -0.397 e. The normalized spacial score (nSPS) is 15.9. The zero-order chi connectivity index (χ0) is 16.8. The highest BCUT2D eigenvalue weighted by Crippen LogP contribution is 2.34. The van der Waals surface area contributed by atoms with Crippen LogP contribution in [0, 0.1) is 11.7 Å². The summed E-state index contributed by atoms with van der Waals surface area (Å²) in [4.78, 5) is 4.48. The molecule has 130 valence electrons. The van der Waals surface area contributed by atoms with E-state index in [9.17, 15) is 4.39 Å². The number of piperidine rings is 1. The Labute approximate surface area is 140 Å². The molecule has 23 heavy (non-hydrogen) atoms. The van der Waals surface area contributed by atoms with E-state index in [-0.39, 0.29) is 5.82 Å². The highest BCUT2D eigenvalue weighted by Gasteiger charge is 2.22. The number of halogens is 1. The maximum absolute atomic E-state index is 14.5. The predicted octanol–water partition coefficient (Wildman–Crippen LogP) is 4.66. The van der Waals surface area contributed by atoms with Crippen LogP contribution >= 0.6 is 0 Å². The van der Waals surface area contributed by atoms with Crippen molar-refractivity contribution in [1.82, 2.24) is 0 Å². The first kappa shape index (κ1) is 17.9. The minimum atomic E-state index is -0.186. The van der Waals surface area contributed by atoms with Crippen molar-refractivity contribution in [1.29, 1.82) is 0 Å². The van der Waals surface area contributed by atoms with Gasteiger partial charge in [-0.05, 0) is 37.7 Å². The van der Waals surface area contributed by atoms with Gasteiger partial charge in [0.25, 0.3) is 0 Å². The Hall–Kier alpha value is -1.45. The van der Waals surface area contributed by atoms with Gasteiger partial charge in [0.05, 0.1) is 17.1 Å². The van der Waals surface area contributed by atoms with E-state index in [2.05, 4.69) is 30.6 Å². The van der Waals surface area contributed by atoms with Crippen LogP contribution in [-0.2, 0) is 0 Å². The van der Waals surface area contributed by atoms with Crippen molar-refractivity contribution < 1.29 is 4.39 Å². The molecule has 0 aromatic heterocycles. The second kappa shape index (κ2) is 8.42. The molecule has 0 amide bonds. The van der Waals surface area contributed by atoms with E-state index in [1.54, 1.807) is 0 Å². The Morgan fingerprint density at radius 3 is 2.26 bits per heavy atom. The average Bonchev–Trinajstić information content (AvgIpc) is 2.55. The van der Waals surface area contributed by atoms with Crippen molar-refractivity contribution in [3.63, 3.8) is 0 Å². The number of rotatable bonds is 7. The molecule has 2 N–H and O–H groups in total. The lowest BCUT2D eigenvalue weighted by molar-refractivity contribution is 0.393. The molecule has 0 atom stereocenters. The molecule has 1 heterocycles. The maximum Gasteiger partial charge on any atom is 0.148 e. The number of anilines is 3. The van der Waals surface area contributed by atoms with Gasteiger partial charge in [0, 0.05) is 32.2 Å². The maximum atomic E-state index is 14.5. The van der Waals surface area contributed by atoms with Gasteiger partial charge in [0.15, 0.2) is 0 Å². The molecule has 2 rings (SSSR count). The largest absolute Gasteiger partial charge is 0.397 e. The van der Waals surface area contributed by atoms with Gasteiger partial charge < -0.3 is 15.5 Å². The van der Waals surface area contributed by atoms with Crippen LogP contribution in [0.5, 0.6) is 0 Å². The van der Waals surface area contributed by atoms with Crippen LogP contribution in [0.3, 0.4) is 0 Å². The zero-order valence-electron chi connectivity index (χ0n) is 14.9. The molecule has 0 saturated carbocycles. The molecule has 1 fully saturated rings. The van der Waals surface area contributed by atoms with Gasteiger partial charge in [-0.1, -0.05) is 27.2 Å². The van der Waals surface area contributed by atoms with Gasteiger partial charge in [-0.15, -0.1) is 0 Å². The monoisotopic (exact) mass is 321 g/mol. The highest BCUT2D eigenvalue weighted by atomic mass is 19.1. The van der Waals surface area contributed by atoms with E-state index in [1.165, 1.54) is 12.5 Å². The van der Waals surface area contributed by atoms with Gasteiger partial charge in [0.2, 0.25) is 0 Å². The molecule has 1 saturated heterocycles. The molecule has 1 aliphatic rings. The first-order valence-corrected chi connectivity index (χ1v) is 9.19. The van der Waals surface area contributed by atoms with Gasteiger partial charge in [-0.2, -0.15) is 0 Å². The molecule has 0 aliphatic carbocycles. The van der Waals surface area contributed by atoms with Crippen molar-refractivity contribution in [3.05, 3.63) is 17.9 Å². The summed E-state index contributed by atoms with van der Waals surface area (Å²) >= 11 is 0. The van der Waals surface area contributed by atoms with Crippen LogP contribution in [0.25, 0.3) is 0 Å². The highest BCUT2D eigenvalue weighted by molar-refractivity contribution is 5.74. The van der Waals surface area contributed by atoms with Crippen LogP contribution in [0.4, 0.5) is 21.5 Å². The van der Waals surface area contributed by atoms with Crippen LogP contribution in [0.2, 0.25) is 0 Å². The fraction of sp³-hybridized carbons (Fsp3) is 0.684. The Kier molecular flexibility index (Phi) is 6.55. The first-order valence-electron chi connectivity index (χ1n) is 9.19. The molecule has 0 spiro atoms.